The van der Waals surface area contributed by atoms with Crippen LogP contribution in [0.3, 0.4) is 0 Å². The van der Waals surface area contributed by atoms with Gasteiger partial charge in [-0.2, -0.15) is 4.31 Å². The van der Waals surface area contributed by atoms with Gasteiger partial charge in [0.2, 0.25) is 10.0 Å². The predicted octanol–water partition coefficient (Wildman–Crippen LogP) is 4.51. The van der Waals surface area contributed by atoms with Crippen molar-refractivity contribution in [1.29, 1.82) is 0 Å². The van der Waals surface area contributed by atoms with Crippen LogP contribution in [-0.4, -0.2) is 67.4 Å². The van der Waals surface area contributed by atoms with E-state index in [1.54, 1.807) is 30.2 Å². The summed E-state index contributed by atoms with van der Waals surface area (Å²) in [5.74, 6) is 0.274. The van der Waals surface area contributed by atoms with Crippen LogP contribution in [0.5, 0.6) is 0 Å². The molecule has 12 heteroatoms. The van der Waals surface area contributed by atoms with E-state index in [9.17, 15) is 18.0 Å². The molecule has 1 fully saturated rings. The quantitative estimate of drug-likeness (QED) is 0.322. The number of sulfonamides is 1. The second kappa shape index (κ2) is 11.2. The molecule has 2 aromatic heterocycles. The lowest BCUT2D eigenvalue weighted by Crippen LogP contribution is -2.50. The summed E-state index contributed by atoms with van der Waals surface area (Å²) in [6.45, 7) is 4.96. The highest BCUT2D eigenvalue weighted by Crippen LogP contribution is 2.32. The van der Waals surface area contributed by atoms with E-state index in [2.05, 4.69) is 0 Å². The Morgan fingerprint density at radius 2 is 1.79 bits per heavy atom. The van der Waals surface area contributed by atoms with Gasteiger partial charge in [0.1, 0.15) is 5.76 Å². The van der Waals surface area contributed by atoms with Crippen molar-refractivity contribution in [2.75, 3.05) is 37.7 Å². The SMILES string of the molecule is CCOC(=O)N1CCN(S(=O)(=O)c2ccc(C(=O)N(Cc3ccco3)c3nc4c(C)cccc4s3)cc2)CC1. The number of amides is 2. The second-order valence-electron chi connectivity index (χ2n) is 9.00. The van der Waals surface area contributed by atoms with E-state index in [0.717, 1.165) is 15.8 Å². The van der Waals surface area contributed by atoms with Gasteiger partial charge in [-0.15, -0.1) is 0 Å². The minimum Gasteiger partial charge on any atom is -0.467 e. The third-order valence-corrected chi connectivity index (χ3v) is 9.44. The summed E-state index contributed by atoms with van der Waals surface area (Å²) in [5.41, 5.74) is 2.17. The Morgan fingerprint density at radius 3 is 2.44 bits per heavy atom. The monoisotopic (exact) mass is 568 g/mol. The number of hydrogen-bond acceptors (Lipinski definition) is 8. The number of ether oxygens (including phenoxy) is 1. The maximum absolute atomic E-state index is 13.7. The number of carbonyl (C=O) groups is 2. The molecule has 0 spiro atoms. The van der Waals surface area contributed by atoms with Gasteiger partial charge in [-0.3, -0.25) is 9.69 Å². The van der Waals surface area contributed by atoms with Crippen LogP contribution in [0, 0.1) is 6.92 Å². The molecule has 1 saturated heterocycles. The third kappa shape index (κ3) is 5.54. The first-order valence-electron chi connectivity index (χ1n) is 12.5. The fraction of sp³-hybridized carbons (Fsp3) is 0.296. The highest BCUT2D eigenvalue weighted by Gasteiger charge is 2.31. The highest BCUT2D eigenvalue weighted by atomic mass is 32.2. The second-order valence-corrected chi connectivity index (χ2v) is 12.0. The van der Waals surface area contributed by atoms with Gasteiger partial charge in [0.05, 0.1) is 34.5 Å². The highest BCUT2D eigenvalue weighted by molar-refractivity contribution is 7.89. The number of aryl methyl sites for hydroxylation is 1. The minimum atomic E-state index is -3.80. The van der Waals surface area contributed by atoms with Crippen molar-refractivity contribution in [3.8, 4) is 0 Å². The topological polar surface area (TPSA) is 113 Å². The van der Waals surface area contributed by atoms with Gasteiger partial charge >= 0.3 is 6.09 Å². The molecule has 0 unspecified atom stereocenters. The number of fused-ring (bicyclic) bond motifs is 1. The average molecular weight is 569 g/mol. The Bertz CT molecular complexity index is 1570. The zero-order valence-electron chi connectivity index (χ0n) is 21.6. The molecule has 39 heavy (non-hydrogen) atoms. The first-order chi connectivity index (χ1) is 18.8. The molecule has 0 bridgehead atoms. The lowest BCUT2D eigenvalue weighted by molar-refractivity contribution is 0.0933. The zero-order valence-corrected chi connectivity index (χ0v) is 23.2. The molecular weight excluding hydrogens is 540 g/mol. The molecule has 0 aliphatic carbocycles. The van der Waals surface area contributed by atoms with Crippen LogP contribution in [0.25, 0.3) is 10.2 Å². The Labute approximate surface area is 230 Å². The molecule has 204 valence electrons. The van der Waals surface area contributed by atoms with Gasteiger partial charge < -0.3 is 14.1 Å². The summed E-state index contributed by atoms with van der Waals surface area (Å²) in [6, 6.07) is 15.3. The van der Waals surface area contributed by atoms with Crippen LogP contribution in [0.15, 0.2) is 70.2 Å². The Morgan fingerprint density at radius 1 is 1.05 bits per heavy atom. The molecule has 10 nitrogen and oxygen atoms in total. The van der Waals surface area contributed by atoms with Gasteiger partial charge in [0, 0.05) is 31.7 Å². The van der Waals surface area contributed by atoms with Crippen LogP contribution < -0.4 is 4.90 Å². The number of furan rings is 1. The molecule has 0 saturated carbocycles. The number of aromatic nitrogens is 1. The van der Waals surface area contributed by atoms with E-state index in [1.165, 1.54) is 44.8 Å². The Kier molecular flexibility index (Phi) is 7.69. The number of benzene rings is 2. The van der Waals surface area contributed by atoms with Crippen LogP contribution in [0.2, 0.25) is 0 Å². The van der Waals surface area contributed by atoms with E-state index in [1.807, 2.05) is 25.1 Å². The fourth-order valence-electron chi connectivity index (χ4n) is 4.37. The summed E-state index contributed by atoms with van der Waals surface area (Å²) in [4.78, 5) is 33.5. The van der Waals surface area contributed by atoms with Crippen LogP contribution in [0.4, 0.5) is 9.93 Å². The van der Waals surface area contributed by atoms with Gasteiger partial charge in [-0.1, -0.05) is 23.5 Å². The van der Waals surface area contributed by atoms with Gasteiger partial charge in [-0.05, 0) is 61.9 Å². The van der Waals surface area contributed by atoms with Crippen molar-refractivity contribution in [2.24, 2.45) is 0 Å². The molecule has 2 aromatic carbocycles. The lowest BCUT2D eigenvalue weighted by Gasteiger charge is -2.33. The van der Waals surface area contributed by atoms with Crippen molar-refractivity contribution in [2.45, 2.75) is 25.3 Å². The molecule has 4 aromatic rings. The Balaban J connectivity index is 1.36. The summed E-state index contributed by atoms with van der Waals surface area (Å²) >= 11 is 1.41. The maximum atomic E-state index is 13.7. The van der Waals surface area contributed by atoms with Gasteiger partial charge in [0.25, 0.3) is 5.91 Å². The number of rotatable bonds is 7. The molecule has 3 heterocycles. The summed E-state index contributed by atoms with van der Waals surface area (Å²) in [6.07, 6.45) is 1.10. The lowest BCUT2D eigenvalue weighted by atomic mass is 10.2. The van der Waals surface area contributed by atoms with Crippen LogP contribution >= 0.6 is 11.3 Å². The largest absolute Gasteiger partial charge is 0.467 e. The van der Waals surface area contributed by atoms with Crippen molar-refractivity contribution in [3.05, 3.63) is 77.7 Å². The van der Waals surface area contributed by atoms with Crippen molar-refractivity contribution < 1.29 is 27.2 Å². The van der Waals surface area contributed by atoms with Crippen molar-refractivity contribution in [1.82, 2.24) is 14.2 Å². The number of anilines is 1. The summed E-state index contributed by atoms with van der Waals surface area (Å²) < 4.78 is 39.3. The van der Waals surface area contributed by atoms with Crippen molar-refractivity contribution >= 4 is 48.7 Å². The standard InChI is InChI=1S/C27H28N4O6S2/c1-3-36-27(33)29-13-15-30(16-14-29)39(34,35)22-11-9-20(10-12-22)25(32)31(18-21-7-5-17-37-21)26-28-24-19(2)6-4-8-23(24)38-26/h4-12,17H,3,13-16,18H2,1-2H3. The number of thiazole rings is 1. The number of nitrogens with zero attached hydrogens (tertiary/aromatic N) is 4. The predicted molar refractivity (Wildman–Crippen MR) is 147 cm³/mol. The van der Waals surface area contributed by atoms with Gasteiger partial charge in [-0.25, -0.2) is 18.2 Å². The minimum absolute atomic E-state index is 0.0804. The molecule has 0 radical (unpaired) electrons. The van der Waals surface area contributed by atoms with E-state index < -0.39 is 16.1 Å². The zero-order chi connectivity index (χ0) is 27.6. The van der Waals surface area contributed by atoms with E-state index in [4.69, 9.17) is 14.1 Å². The molecule has 0 atom stereocenters. The van der Waals surface area contributed by atoms with E-state index in [0.29, 0.717) is 16.5 Å². The van der Waals surface area contributed by atoms with E-state index >= 15 is 0 Å². The molecule has 1 aliphatic rings. The number of hydrogen-bond donors (Lipinski definition) is 0. The Hall–Kier alpha value is -3.74. The van der Waals surface area contributed by atoms with E-state index in [-0.39, 0.29) is 50.1 Å². The van der Waals surface area contributed by atoms with Gasteiger partial charge in [0.15, 0.2) is 5.13 Å². The number of piperazine rings is 1. The maximum Gasteiger partial charge on any atom is 0.409 e. The van der Waals surface area contributed by atoms with Crippen molar-refractivity contribution in [3.63, 3.8) is 0 Å². The molecule has 0 N–H and O–H groups in total. The first kappa shape index (κ1) is 26.9. The molecule has 1 aliphatic heterocycles. The number of para-hydroxylation sites is 1. The first-order valence-corrected chi connectivity index (χ1v) is 14.8. The smallest absolute Gasteiger partial charge is 0.409 e. The fourth-order valence-corrected chi connectivity index (χ4v) is 6.84. The van der Waals surface area contributed by atoms with Crippen LogP contribution in [0.1, 0.15) is 28.6 Å². The molecule has 2 amide bonds. The summed E-state index contributed by atoms with van der Waals surface area (Å²) in [7, 11) is -3.80. The molecular formula is C27H28N4O6S2. The van der Waals surface area contributed by atoms with Crippen LogP contribution in [-0.2, 0) is 21.3 Å². The number of carbonyl (C=O) groups excluding carboxylic acids is 2. The summed E-state index contributed by atoms with van der Waals surface area (Å²) in [5, 5.41) is 0.525. The normalized spacial score (nSPS) is 14.5. The third-order valence-electron chi connectivity index (χ3n) is 6.48. The molecule has 5 rings (SSSR count). The average Bonchev–Trinajstić information content (AvgIpc) is 3.62.